The van der Waals surface area contributed by atoms with E-state index in [1.54, 1.807) is 0 Å². The minimum absolute atomic E-state index is 0.138. The Balaban J connectivity index is 2.81. The molecule has 0 radical (unpaired) electrons. The van der Waals surface area contributed by atoms with Crippen molar-refractivity contribution in [1.29, 1.82) is 0 Å². The molecule has 80 valence electrons. The summed E-state index contributed by atoms with van der Waals surface area (Å²) in [5.41, 5.74) is 2.13. The Hall–Kier alpha value is -0.600. The molecule has 0 saturated heterocycles. The summed E-state index contributed by atoms with van der Waals surface area (Å²) in [6, 6.07) is 0. The fraction of sp³-hybridized carbons (Fsp3) is 0.667. The lowest BCUT2D eigenvalue weighted by atomic mass is 9.73. The van der Waals surface area contributed by atoms with E-state index in [-0.39, 0.29) is 12.5 Å². The molecule has 0 aliphatic heterocycles. The Bertz CT molecular complexity index is 243. The van der Waals surface area contributed by atoms with Gasteiger partial charge < -0.3 is 10.2 Å². The zero-order chi connectivity index (χ0) is 10.7. The van der Waals surface area contributed by atoms with Crippen molar-refractivity contribution in [2.75, 3.05) is 6.61 Å². The predicted molar refractivity (Wildman–Crippen MR) is 57.9 cm³/mol. The van der Waals surface area contributed by atoms with Gasteiger partial charge in [0.25, 0.3) is 0 Å². The summed E-state index contributed by atoms with van der Waals surface area (Å²) in [4.78, 5) is 0. The van der Waals surface area contributed by atoms with Crippen molar-refractivity contribution in [2.24, 2.45) is 11.8 Å². The molecule has 0 bridgehead atoms. The number of rotatable bonds is 3. The monoisotopic (exact) mass is 196 g/mol. The SMILES string of the molecule is C=C(C)[C@@H]1CC=C(C)[C@H](O)[C@H]1CCO. The molecular weight excluding hydrogens is 176 g/mol. The van der Waals surface area contributed by atoms with Crippen LogP contribution in [0, 0.1) is 11.8 Å². The van der Waals surface area contributed by atoms with E-state index in [9.17, 15) is 5.11 Å². The number of hydrogen-bond donors (Lipinski definition) is 2. The van der Waals surface area contributed by atoms with Crippen molar-refractivity contribution in [2.45, 2.75) is 32.8 Å². The maximum atomic E-state index is 9.97. The van der Waals surface area contributed by atoms with Crippen LogP contribution in [0.3, 0.4) is 0 Å². The highest BCUT2D eigenvalue weighted by molar-refractivity contribution is 5.17. The summed E-state index contributed by atoms with van der Waals surface area (Å²) in [7, 11) is 0. The van der Waals surface area contributed by atoms with Crippen molar-refractivity contribution in [3.05, 3.63) is 23.8 Å². The summed E-state index contributed by atoms with van der Waals surface area (Å²) in [5, 5.41) is 18.9. The summed E-state index contributed by atoms with van der Waals surface area (Å²) < 4.78 is 0. The van der Waals surface area contributed by atoms with E-state index in [1.807, 2.05) is 13.8 Å². The second kappa shape index (κ2) is 4.76. The van der Waals surface area contributed by atoms with Crippen molar-refractivity contribution in [3.8, 4) is 0 Å². The first-order chi connectivity index (χ1) is 6.57. The Labute approximate surface area is 86.0 Å². The zero-order valence-electron chi connectivity index (χ0n) is 9.03. The van der Waals surface area contributed by atoms with Crippen LogP contribution in [0.5, 0.6) is 0 Å². The van der Waals surface area contributed by atoms with Crippen molar-refractivity contribution < 1.29 is 10.2 Å². The van der Waals surface area contributed by atoms with Gasteiger partial charge in [-0.3, -0.25) is 0 Å². The molecule has 14 heavy (non-hydrogen) atoms. The normalized spacial score (nSPS) is 32.6. The van der Waals surface area contributed by atoms with Crippen LogP contribution in [0.4, 0.5) is 0 Å². The minimum atomic E-state index is -0.405. The second-order valence-electron chi connectivity index (χ2n) is 4.26. The van der Waals surface area contributed by atoms with E-state index >= 15 is 0 Å². The van der Waals surface area contributed by atoms with Crippen LogP contribution in [0.25, 0.3) is 0 Å². The summed E-state index contributed by atoms with van der Waals surface area (Å²) in [6.07, 6.45) is 3.28. The van der Waals surface area contributed by atoms with Gasteiger partial charge in [-0.05, 0) is 44.1 Å². The summed E-state index contributed by atoms with van der Waals surface area (Å²) >= 11 is 0. The van der Waals surface area contributed by atoms with E-state index in [1.165, 1.54) is 0 Å². The highest BCUT2D eigenvalue weighted by atomic mass is 16.3. The van der Waals surface area contributed by atoms with Crippen LogP contribution in [0.15, 0.2) is 23.8 Å². The zero-order valence-corrected chi connectivity index (χ0v) is 9.03. The van der Waals surface area contributed by atoms with Crippen LogP contribution in [0.2, 0.25) is 0 Å². The number of allylic oxidation sites excluding steroid dienone is 2. The molecule has 0 aromatic carbocycles. The molecular formula is C12H20O2. The van der Waals surface area contributed by atoms with Gasteiger partial charge in [-0.2, -0.15) is 0 Å². The Morgan fingerprint density at radius 2 is 2.29 bits per heavy atom. The van der Waals surface area contributed by atoms with Crippen LogP contribution in [-0.2, 0) is 0 Å². The maximum Gasteiger partial charge on any atom is 0.0782 e. The molecule has 3 atom stereocenters. The Morgan fingerprint density at radius 1 is 1.64 bits per heavy atom. The fourth-order valence-corrected chi connectivity index (χ4v) is 2.24. The molecule has 1 rings (SSSR count). The van der Waals surface area contributed by atoms with Crippen LogP contribution >= 0.6 is 0 Å². The highest BCUT2D eigenvalue weighted by Crippen LogP contribution is 2.35. The van der Waals surface area contributed by atoms with E-state index in [2.05, 4.69) is 12.7 Å². The van der Waals surface area contributed by atoms with Gasteiger partial charge in [0.05, 0.1) is 6.10 Å². The third-order valence-corrected chi connectivity index (χ3v) is 3.18. The average molecular weight is 196 g/mol. The summed E-state index contributed by atoms with van der Waals surface area (Å²) in [5.74, 6) is 0.461. The van der Waals surface area contributed by atoms with Crippen LogP contribution in [0.1, 0.15) is 26.7 Å². The number of hydrogen-bond acceptors (Lipinski definition) is 2. The molecule has 0 spiro atoms. The van der Waals surface area contributed by atoms with E-state index in [0.717, 1.165) is 17.6 Å². The smallest absolute Gasteiger partial charge is 0.0782 e. The molecule has 0 aromatic rings. The molecule has 2 nitrogen and oxygen atoms in total. The molecule has 2 heteroatoms. The van der Waals surface area contributed by atoms with Crippen molar-refractivity contribution in [3.63, 3.8) is 0 Å². The molecule has 0 amide bonds. The lowest BCUT2D eigenvalue weighted by Gasteiger charge is -2.35. The lowest BCUT2D eigenvalue weighted by Crippen LogP contribution is -2.33. The van der Waals surface area contributed by atoms with Crippen molar-refractivity contribution in [1.82, 2.24) is 0 Å². The third kappa shape index (κ3) is 2.25. The number of aliphatic hydroxyl groups excluding tert-OH is 2. The van der Waals surface area contributed by atoms with Gasteiger partial charge >= 0.3 is 0 Å². The molecule has 1 aliphatic rings. The quantitative estimate of drug-likeness (QED) is 0.677. The fourth-order valence-electron chi connectivity index (χ4n) is 2.24. The molecule has 0 aromatic heterocycles. The van der Waals surface area contributed by atoms with Gasteiger partial charge in [-0.25, -0.2) is 0 Å². The predicted octanol–water partition coefficient (Wildman–Crippen LogP) is 1.89. The molecule has 0 fully saturated rings. The molecule has 0 unspecified atom stereocenters. The van der Waals surface area contributed by atoms with Crippen LogP contribution in [-0.4, -0.2) is 22.9 Å². The first-order valence-corrected chi connectivity index (χ1v) is 5.19. The Morgan fingerprint density at radius 3 is 2.79 bits per heavy atom. The molecule has 0 heterocycles. The third-order valence-electron chi connectivity index (χ3n) is 3.18. The first kappa shape index (κ1) is 11.5. The Kier molecular flexibility index (Phi) is 3.90. The average Bonchev–Trinajstić information content (AvgIpc) is 2.13. The van der Waals surface area contributed by atoms with Crippen LogP contribution < -0.4 is 0 Å². The van der Waals surface area contributed by atoms with Gasteiger partial charge in [0.2, 0.25) is 0 Å². The van der Waals surface area contributed by atoms with Gasteiger partial charge in [-0.1, -0.05) is 18.2 Å². The van der Waals surface area contributed by atoms with Crippen molar-refractivity contribution >= 4 is 0 Å². The topological polar surface area (TPSA) is 40.5 Å². The van der Waals surface area contributed by atoms with E-state index in [0.29, 0.717) is 12.3 Å². The lowest BCUT2D eigenvalue weighted by molar-refractivity contribution is 0.0823. The largest absolute Gasteiger partial charge is 0.396 e. The van der Waals surface area contributed by atoms with E-state index < -0.39 is 6.10 Å². The maximum absolute atomic E-state index is 9.97. The second-order valence-corrected chi connectivity index (χ2v) is 4.26. The minimum Gasteiger partial charge on any atom is -0.396 e. The van der Waals surface area contributed by atoms with Gasteiger partial charge in [0.1, 0.15) is 0 Å². The highest BCUT2D eigenvalue weighted by Gasteiger charge is 2.31. The molecule has 2 N–H and O–H groups in total. The first-order valence-electron chi connectivity index (χ1n) is 5.19. The van der Waals surface area contributed by atoms with E-state index in [4.69, 9.17) is 5.11 Å². The standard InChI is InChI=1S/C12H20O2/c1-8(2)10-5-4-9(3)12(14)11(10)6-7-13/h4,10-14H,1,5-7H2,2-3H3/t10-,11-,12-/m0/s1. The summed E-state index contributed by atoms with van der Waals surface area (Å²) in [6.45, 7) is 8.03. The van der Waals surface area contributed by atoms with Gasteiger partial charge in [0, 0.05) is 6.61 Å². The molecule has 1 aliphatic carbocycles. The van der Waals surface area contributed by atoms with Gasteiger partial charge in [-0.15, -0.1) is 0 Å². The molecule has 0 saturated carbocycles. The number of aliphatic hydroxyl groups is 2. The van der Waals surface area contributed by atoms with Gasteiger partial charge in [0.15, 0.2) is 0 Å².